The molecule has 2 amide bonds. The highest BCUT2D eigenvalue weighted by Gasteiger charge is 2.18. The van der Waals surface area contributed by atoms with Crippen molar-refractivity contribution in [1.82, 2.24) is 4.98 Å². The minimum absolute atomic E-state index is 0.0706. The number of thioether (sulfide) groups is 1. The predicted octanol–water partition coefficient (Wildman–Crippen LogP) is 4.12. The number of rotatable bonds is 8. The summed E-state index contributed by atoms with van der Waals surface area (Å²) in [7, 11) is 3.08. The van der Waals surface area contributed by atoms with E-state index < -0.39 is 0 Å². The van der Waals surface area contributed by atoms with Crippen molar-refractivity contribution in [2.75, 3.05) is 37.4 Å². The molecule has 2 heterocycles. The molecule has 0 unspecified atom stereocenters. The Balaban J connectivity index is 1.42. The first-order valence-corrected chi connectivity index (χ1v) is 11.3. The molecule has 176 valence electrons. The maximum Gasteiger partial charge on any atom is 0.258 e. The van der Waals surface area contributed by atoms with Gasteiger partial charge in [-0.3, -0.25) is 9.59 Å². The van der Waals surface area contributed by atoms with Gasteiger partial charge in [0.2, 0.25) is 12.7 Å². The summed E-state index contributed by atoms with van der Waals surface area (Å²) in [5.41, 5.74) is 2.35. The van der Waals surface area contributed by atoms with Gasteiger partial charge >= 0.3 is 0 Å². The molecular weight excluding hydrogens is 458 g/mol. The van der Waals surface area contributed by atoms with Crippen molar-refractivity contribution in [2.45, 2.75) is 11.9 Å². The van der Waals surface area contributed by atoms with E-state index in [0.717, 1.165) is 5.56 Å². The second-order valence-corrected chi connectivity index (χ2v) is 8.20. The number of anilines is 2. The summed E-state index contributed by atoms with van der Waals surface area (Å²) in [5, 5.41) is 6.15. The number of fused-ring (bicyclic) bond motifs is 1. The van der Waals surface area contributed by atoms with Gasteiger partial charge < -0.3 is 29.6 Å². The number of aromatic nitrogens is 1. The van der Waals surface area contributed by atoms with Gasteiger partial charge in [0.05, 0.1) is 25.5 Å². The molecule has 34 heavy (non-hydrogen) atoms. The summed E-state index contributed by atoms with van der Waals surface area (Å²) in [6.07, 6.45) is 1.58. The van der Waals surface area contributed by atoms with Crippen LogP contribution in [-0.4, -0.2) is 43.6 Å². The van der Waals surface area contributed by atoms with Gasteiger partial charge in [0.25, 0.3) is 5.91 Å². The number of carbonyl (C=O) groups excluding carboxylic acids is 2. The van der Waals surface area contributed by atoms with Crippen molar-refractivity contribution in [1.29, 1.82) is 0 Å². The van der Waals surface area contributed by atoms with E-state index >= 15 is 0 Å². The van der Waals surface area contributed by atoms with E-state index in [1.165, 1.54) is 18.9 Å². The molecule has 0 spiro atoms. The first kappa shape index (κ1) is 23.2. The number of pyridine rings is 1. The van der Waals surface area contributed by atoms with Crippen LogP contribution in [0.1, 0.15) is 15.9 Å². The number of nitrogens with one attached hydrogen (secondary N) is 2. The molecule has 1 aliphatic rings. The first-order valence-electron chi connectivity index (χ1n) is 10.3. The molecule has 0 fully saturated rings. The van der Waals surface area contributed by atoms with Crippen molar-refractivity contribution < 1.29 is 28.5 Å². The smallest absolute Gasteiger partial charge is 0.258 e. The lowest BCUT2D eigenvalue weighted by Gasteiger charge is -2.14. The Morgan fingerprint density at radius 3 is 2.59 bits per heavy atom. The van der Waals surface area contributed by atoms with Crippen LogP contribution in [0.25, 0.3) is 0 Å². The maximum absolute atomic E-state index is 13.0. The summed E-state index contributed by atoms with van der Waals surface area (Å²) < 4.78 is 21.2. The second kappa shape index (κ2) is 10.3. The minimum Gasteiger partial charge on any atom is -0.493 e. The molecule has 4 rings (SSSR count). The minimum atomic E-state index is -0.345. The van der Waals surface area contributed by atoms with E-state index in [2.05, 4.69) is 15.6 Å². The number of hydrogen-bond donors (Lipinski definition) is 2. The Kier molecular flexibility index (Phi) is 7.07. The lowest BCUT2D eigenvalue weighted by Crippen LogP contribution is -2.17. The number of nitrogens with zero attached hydrogens (tertiary/aromatic N) is 1. The van der Waals surface area contributed by atoms with Gasteiger partial charge in [0, 0.05) is 29.7 Å². The SMILES string of the molecule is COc1cc(C)c(NC(=O)c2cccnc2SCC(=O)Nc2ccc3c(c2)OCO3)cc1OC. The van der Waals surface area contributed by atoms with E-state index in [-0.39, 0.29) is 24.4 Å². The first-order chi connectivity index (χ1) is 16.5. The Labute approximate surface area is 200 Å². The van der Waals surface area contributed by atoms with Crippen LogP contribution in [0.3, 0.4) is 0 Å². The van der Waals surface area contributed by atoms with Crippen LogP contribution < -0.4 is 29.6 Å². The predicted molar refractivity (Wildman–Crippen MR) is 128 cm³/mol. The van der Waals surface area contributed by atoms with E-state index in [1.54, 1.807) is 55.8 Å². The molecular formula is C24H23N3O6S. The molecule has 2 N–H and O–H groups in total. The molecule has 9 nitrogen and oxygen atoms in total. The highest BCUT2D eigenvalue weighted by Crippen LogP contribution is 2.35. The quantitative estimate of drug-likeness (QED) is 0.463. The van der Waals surface area contributed by atoms with Crippen LogP contribution >= 0.6 is 11.8 Å². The van der Waals surface area contributed by atoms with Gasteiger partial charge in [-0.15, -0.1) is 0 Å². The number of amides is 2. The molecule has 1 aromatic heterocycles. The van der Waals surface area contributed by atoms with E-state index in [9.17, 15) is 9.59 Å². The molecule has 0 aliphatic carbocycles. The third kappa shape index (κ3) is 5.18. The summed E-state index contributed by atoms with van der Waals surface area (Å²) in [6.45, 7) is 2.02. The lowest BCUT2D eigenvalue weighted by atomic mass is 10.1. The topological polar surface area (TPSA) is 108 Å². The van der Waals surface area contributed by atoms with E-state index in [4.69, 9.17) is 18.9 Å². The van der Waals surface area contributed by atoms with Gasteiger partial charge in [-0.1, -0.05) is 11.8 Å². The number of carbonyl (C=O) groups is 2. The number of ether oxygens (including phenoxy) is 4. The largest absolute Gasteiger partial charge is 0.493 e. The highest BCUT2D eigenvalue weighted by molar-refractivity contribution is 8.00. The zero-order valence-corrected chi connectivity index (χ0v) is 19.7. The summed E-state index contributed by atoms with van der Waals surface area (Å²) >= 11 is 1.17. The zero-order chi connectivity index (χ0) is 24.1. The van der Waals surface area contributed by atoms with Crippen LogP contribution in [0.2, 0.25) is 0 Å². The standard InChI is InChI=1S/C24H23N3O6S/c1-14-9-19(30-2)20(31-3)11-17(14)27-23(29)16-5-4-8-25-24(16)34-12-22(28)26-15-6-7-18-21(10-15)33-13-32-18/h4-11H,12-13H2,1-3H3,(H,26,28)(H,27,29). The monoisotopic (exact) mass is 481 g/mol. The third-order valence-corrected chi connectivity index (χ3v) is 6.00. The normalized spacial score (nSPS) is 11.6. The lowest BCUT2D eigenvalue weighted by molar-refractivity contribution is -0.113. The van der Waals surface area contributed by atoms with Crippen molar-refractivity contribution in [3.8, 4) is 23.0 Å². The van der Waals surface area contributed by atoms with Gasteiger partial charge in [-0.25, -0.2) is 4.98 Å². The number of benzene rings is 2. The Morgan fingerprint density at radius 1 is 1.03 bits per heavy atom. The molecule has 0 saturated carbocycles. The van der Waals surface area contributed by atoms with Crippen molar-refractivity contribution in [2.24, 2.45) is 0 Å². The van der Waals surface area contributed by atoms with Crippen LogP contribution in [0, 0.1) is 6.92 Å². The fourth-order valence-electron chi connectivity index (χ4n) is 3.29. The van der Waals surface area contributed by atoms with Crippen molar-refractivity contribution >= 4 is 35.0 Å². The average molecular weight is 482 g/mol. The molecule has 0 saturated heterocycles. The molecule has 10 heteroatoms. The Bertz CT molecular complexity index is 1230. The van der Waals surface area contributed by atoms with Crippen LogP contribution in [-0.2, 0) is 4.79 Å². The molecule has 2 aromatic carbocycles. The van der Waals surface area contributed by atoms with Crippen LogP contribution in [0.5, 0.6) is 23.0 Å². The second-order valence-electron chi connectivity index (χ2n) is 7.24. The summed E-state index contributed by atoms with van der Waals surface area (Å²) in [5.74, 6) is 1.79. The van der Waals surface area contributed by atoms with Gasteiger partial charge in [0.1, 0.15) is 5.03 Å². The average Bonchev–Trinajstić information content (AvgIpc) is 3.31. The summed E-state index contributed by atoms with van der Waals surface area (Å²) in [6, 6.07) is 12.0. The Morgan fingerprint density at radius 2 is 1.79 bits per heavy atom. The number of methoxy groups -OCH3 is 2. The van der Waals surface area contributed by atoms with Crippen molar-refractivity contribution in [3.05, 3.63) is 59.8 Å². The van der Waals surface area contributed by atoms with Gasteiger partial charge in [-0.2, -0.15) is 0 Å². The molecule has 1 aliphatic heterocycles. The molecule has 0 atom stereocenters. The van der Waals surface area contributed by atoms with E-state index in [0.29, 0.717) is 45.0 Å². The molecule has 0 bridgehead atoms. The molecule has 3 aromatic rings. The number of hydrogen-bond acceptors (Lipinski definition) is 8. The number of aryl methyl sites for hydroxylation is 1. The molecule has 0 radical (unpaired) electrons. The van der Waals surface area contributed by atoms with Crippen LogP contribution in [0.4, 0.5) is 11.4 Å². The maximum atomic E-state index is 13.0. The van der Waals surface area contributed by atoms with Gasteiger partial charge in [0.15, 0.2) is 23.0 Å². The fraction of sp³-hybridized carbons (Fsp3) is 0.208. The van der Waals surface area contributed by atoms with Gasteiger partial charge in [-0.05, 0) is 42.8 Å². The van der Waals surface area contributed by atoms with E-state index in [1.807, 2.05) is 6.92 Å². The summed E-state index contributed by atoms with van der Waals surface area (Å²) in [4.78, 5) is 29.8. The highest BCUT2D eigenvalue weighted by atomic mass is 32.2. The zero-order valence-electron chi connectivity index (χ0n) is 18.8. The third-order valence-electron chi connectivity index (χ3n) is 4.99. The van der Waals surface area contributed by atoms with Crippen molar-refractivity contribution in [3.63, 3.8) is 0 Å². The fourth-order valence-corrected chi connectivity index (χ4v) is 4.08. The van der Waals surface area contributed by atoms with Crippen LogP contribution in [0.15, 0.2) is 53.7 Å². The Hall–Kier alpha value is -3.92.